The van der Waals surface area contributed by atoms with Crippen LogP contribution in [0.4, 0.5) is 0 Å². The minimum atomic E-state index is -0.778. The number of aliphatic hydroxyl groups is 1. The number of nitrogens with zero attached hydrogens (tertiary/aromatic N) is 1. The summed E-state index contributed by atoms with van der Waals surface area (Å²) in [7, 11) is 0. The highest BCUT2D eigenvalue weighted by atomic mass is 35.5. The summed E-state index contributed by atoms with van der Waals surface area (Å²) >= 11 is 5.80. The fourth-order valence-corrected chi connectivity index (χ4v) is 2.24. The number of rotatable bonds is 5. The third kappa shape index (κ3) is 3.85. The van der Waals surface area contributed by atoms with E-state index in [9.17, 15) is 10.2 Å². The van der Waals surface area contributed by atoms with Crippen molar-refractivity contribution >= 4 is 11.6 Å². The average Bonchev–Trinajstić information content (AvgIpc) is 2.79. The van der Waals surface area contributed by atoms with Crippen LogP contribution in [0.25, 0.3) is 0 Å². The number of ether oxygens (including phenoxy) is 1. The van der Waals surface area contributed by atoms with Gasteiger partial charge in [0.15, 0.2) is 0 Å². The van der Waals surface area contributed by atoms with E-state index >= 15 is 0 Å². The van der Waals surface area contributed by atoms with Crippen molar-refractivity contribution in [2.75, 3.05) is 26.2 Å². The Balaban J connectivity index is 1.80. The Kier molecular flexibility index (Phi) is 4.83. The van der Waals surface area contributed by atoms with Crippen molar-refractivity contribution in [3.63, 3.8) is 0 Å². The van der Waals surface area contributed by atoms with Gasteiger partial charge in [0, 0.05) is 24.7 Å². The Morgan fingerprint density at radius 1 is 1.44 bits per heavy atom. The van der Waals surface area contributed by atoms with Crippen molar-refractivity contribution in [1.29, 1.82) is 0 Å². The van der Waals surface area contributed by atoms with Crippen molar-refractivity contribution in [2.45, 2.75) is 18.6 Å². The number of benzene rings is 1. The van der Waals surface area contributed by atoms with Gasteiger partial charge in [-0.3, -0.25) is 4.90 Å². The molecule has 1 aliphatic rings. The number of likely N-dealkylation sites (tertiary alicyclic amines) is 1. The summed E-state index contributed by atoms with van der Waals surface area (Å²) in [6.45, 7) is 1.60. The molecule has 2 unspecified atom stereocenters. The van der Waals surface area contributed by atoms with E-state index in [2.05, 4.69) is 4.90 Å². The molecule has 2 atom stereocenters. The first-order valence-electron chi connectivity index (χ1n) is 6.08. The van der Waals surface area contributed by atoms with Crippen LogP contribution >= 0.6 is 11.6 Å². The molecule has 0 amide bonds. The lowest BCUT2D eigenvalue weighted by molar-refractivity contribution is 0.0326. The molecule has 1 aliphatic heterocycles. The van der Waals surface area contributed by atoms with Gasteiger partial charge in [0.25, 0.3) is 0 Å². The molecule has 0 saturated carbocycles. The van der Waals surface area contributed by atoms with E-state index in [1.807, 2.05) is 12.1 Å². The van der Waals surface area contributed by atoms with E-state index in [0.717, 1.165) is 25.3 Å². The van der Waals surface area contributed by atoms with Crippen LogP contribution in [0, 0.1) is 0 Å². The molecule has 1 N–H and O–H groups in total. The minimum Gasteiger partial charge on any atom is -0.489 e. The molecule has 5 heteroatoms. The third-order valence-electron chi connectivity index (χ3n) is 3.01. The molecule has 1 saturated heterocycles. The number of aliphatic hydroxyl groups excluding tert-OH is 1. The van der Waals surface area contributed by atoms with Crippen molar-refractivity contribution in [2.24, 2.45) is 0 Å². The number of hydrogen-bond acceptors (Lipinski definition) is 3. The Bertz CT molecular complexity index is 371. The van der Waals surface area contributed by atoms with E-state index in [0.29, 0.717) is 11.6 Å². The van der Waals surface area contributed by atoms with Gasteiger partial charge >= 0.3 is 0 Å². The second-order valence-corrected chi connectivity index (χ2v) is 5.00. The van der Waals surface area contributed by atoms with E-state index in [-0.39, 0.29) is 6.10 Å². The molecule has 1 aromatic rings. The van der Waals surface area contributed by atoms with Gasteiger partial charge in [0.2, 0.25) is 0 Å². The van der Waals surface area contributed by atoms with Crippen LogP contribution < -0.4 is 4.74 Å². The topological polar surface area (TPSA) is 52.6 Å². The molecular formula is C13H17ClNO3. The number of β-amino-alcohol motifs (C(OH)–C–C–N with tert-alkyl or cyclic N) is 1. The van der Waals surface area contributed by atoms with E-state index < -0.39 is 12.7 Å². The smallest absolute Gasteiger partial charge is 0.119 e. The Morgan fingerprint density at radius 2 is 2.17 bits per heavy atom. The molecule has 18 heavy (non-hydrogen) atoms. The summed E-state index contributed by atoms with van der Waals surface area (Å²) in [6.07, 6.45) is 0.248. The summed E-state index contributed by atoms with van der Waals surface area (Å²) in [5.74, 6) is 0.802. The quantitative estimate of drug-likeness (QED) is 0.884. The largest absolute Gasteiger partial charge is 0.489 e. The monoisotopic (exact) mass is 270 g/mol. The van der Waals surface area contributed by atoms with Crippen LogP contribution in [-0.4, -0.2) is 48.5 Å². The first kappa shape index (κ1) is 13.6. The molecule has 1 fully saturated rings. The van der Waals surface area contributed by atoms with Gasteiger partial charge in [0.1, 0.15) is 18.5 Å². The van der Waals surface area contributed by atoms with Crippen molar-refractivity contribution in [1.82, 2.24) is 4.90 Å². The lowest BCUT2D eigenvalue weighted by atomic mass is 10.3. The van der Waals surface area contributed by atoms with E-state index in [4.69, 9.17) is 16.3 Å². The van der Waals surface area contributed by atoms with Gasteiger partial charge in [-0.2, -0.15) is 0 Å². The molecule has 1 aromatic carbocycles. The van der Waals surface area contributed by atoms with Crippen LogP contribution in [-0.2, 0) is 5.11 Å². The zero-order chi connectivity index (χ0) is 13.0. The zero-order valence-electron chi connectivity index (χ0n) is 10.1. The fourth-order valence-electron chi connectivity index (χ4n) is 2.12. The predicted octanol–water partition coefficient (Wildman–Crippen LogP) is 1.58. The van der Waals surface area contributed by atoms with Crippen LogP contribution in [0.1, 0.15) is 6.42 Å². The summed E-state index contributed by atoms with van der Waals surface area (Å²) in [5, 5.41) is 20.5. The lowest BCUT2D eigenvalue weighted by Crippen LogP contribution is -2.33. The second kappa shape index (κ2) is 6.38. The Labute approximate surface area is 112 Å². The maximum Gasteiger partial charge on any atom is 0.119 e. The molecule has 4 nitrogen and oxygen atoms in total. The standard InChI is InChI=1S/C13H17ClNO3/c14-10-1-3-12(4-2-10)18-13-5-6-15(8-13)7-11(17)9-16/h1-4,11,13,17H,5-9H2. The highest BCUT2D eigenvalue weighted by molar-refractivity contribution is 6.30. The van der Waals surface area contributed by atoms with Gasteiger partial charge in [-0.1, -0.05) is 11.6 Å². The zero-order valence-corrected chi connectivity index (χ0v) is 10.8. The highest BCUT2D eigenvalue weighted by Crippen LogP contribution is 2.20. The van der Waals surface area contributed by atoms with Gasteiger partial charge < -0.3 is 9.84 Å². The first-order valence-corrected chi connectivity index (χ1v) is 6.46. The third-order valence-corrected chi connectivity index (χ3v) is 3.26. The predicted molar refractivity (Wildman–Crippen MR) is 68.5 cm³/mol. The number of halogens is 1. The van der Waals surface area contributed by atoms with Crippen LogP contribution in [0.3, 0.4) is 0 Å². The molecule has 0 aliphatic carbocycles. The van der Waals surface area contributed by atoms with Crippen LogP contribution in [0.2, 0.25) is 5.02 Å². The summed E-state index contributed by atoms with van der Waals surface area (Å²) in [5.41, 5.74) is 0. The van der Waals surface area contributed by atoms with Crippen molar-refractivity contribution in [3.05, 3.63) is 29.3 Å². The minimum absolute atomic E-state index is 0.116. The van der Waals surface area contributed by atoms with Crippen LogP contribution in [0.5, 0.6) is 5.75 Å². The normalized spacial score (nSPS) is 22.1. The van der Waals surface area contributed by atoms with Crippen LogP contribution in [0.15, 0.2) is 24.3 Å². The van der Waals surface area contributed by atoms with Crippen molar-refractivity contribution in [3.8, 4) is 5.75 Å². The van der Waals surface area contributed by atoms with Gasteiger partial charge in [-0.25, -0.2) is 5.11 Å². The number of hydrogen-bond donors (Lipinski definition) is 1. The highest BCUT2D eigenvalue weighted by Gasteiger charge is 2.25. The lowest BCUT2D eigenvalue weighted by Gasteiger charge is -2.18. The SMILES string of the molecule is [O]CC(O)CN1CCC(Oc2ccc(Cl)cc2)C1. The maximum atomic E-state index is 10.5. The molecule has 99 valence electrons. The molecule has 2 rings (SSSR count). The molecule has 1 heterocycles. The molecular weight excluding hydrogens is 254 g/mol. The summed E-state index contributed by atoms with van der Waals surface area (Å²) in [6, 6.07) is 7.28. The van der Waals surface area contributed by atoms with Gasteiger partial charge in [0.05, 0.1) is 6.10 Å². The molecule has 0 aromatic heterocycles. The van der Waals surface area contributed by atoms with Gasteiger partial charge in [-0.15, -0.1) is 0 Å². The van der Waals surface area contributed by atoms with E-state index in [1.165, 1.54) is 0 Å². The second-order valence-electron chi connectivity index (χ2n) is 4.56. The van der Waals surface area contributed by atoms with Gasteiger partial charge in [-0.05, 0) is 30.7 Å². The fraction of sp³-hybridized carbons (Fsp3) is 0.538. The van der Waals surface area contributed by atoms with E-state index in [1.54, 1.807) is 12.1 Å². The summed E-state index contributed by atoms with van der Waals surface area (Å²) < 4.78 is 5.82. The first-order chi connectivity index (χ1) is 8.67. The summed E-state index contributed by atoms with van der Waals surface area (Å²) in [4.78, 5) is 2.06. The Hall–Kier alpha value is -0.810. The molecule has 0 spiro atoms. The average molecular weight is 271 g/mol. The van der Waals surface area contributed by atoms with Crippen molar-refractivity contribution < 1.29 is 14.9 Å². The molecule has 1 radical (unpaired) electrons. The Morgan fingerprint density at radius 3 is 2.83 bits per heavy atom. The molecule has 0 bridgehead atoms. The maximum absolute atomic E-state index is 10.5.